The van der Waals surface area contributed by atoms with Crippen LogP contribution in [-0.4, -0.2) is 53.1 Å². The van der Waals surface area contributed by atoms with Crippen LogP contribution in [0.2, 0.25) is 0 Å². The third-order valence-corrected chi connectivity index (χ3v) is 3.36. The molecular formula is C12H18N4O2. The minimum Gasteiger partial charge on any atom is -0.477 e. The third kappa shape index (κ3) is 2.59. The molecule has 1 aromatic rings. The highest BCUT2D eigenvalue weighted by molar-refractivity contribution is 5.92. The first-order chi connectivity index (χ1) is 8.61. The van der Waals surface area contributed by atoms with E-state index in [0.29, 0.717) is 11.7 Å². The summed E-state index contributed by atoms with van der Waals surface area (Å²) in [6.07, 6.45) is 3.44. The predicted molar refractivity (Wildman–Crippen MR) is 68.0 cm³/mol. The minimum atomic E-state index is -1.01. The van der Waals surface area contributed by atoms with Crippen molar-refractivity contribution in [3.05, 3.63) is 17.6 Å². The second-order valence-electron chi connectivity index (χ2n) is 4.62. The van der Waals surface area contributed by atoms with E-state index in [1.807, 2.05) is 0 Å². The van der Waals surface area contributed by atoms with Gasteiger partial charge in [-0.1, -0.05) is 0 Å². The molecule has 0 radical (unpaired) electrons. The summed E-state index contributed by atoms with van der Waals surface area (Å²) in [5.74, 6) is 0.467. The number of rotatable bonds is 3. The van der Waals surface area contributed by atoms with Gasteiger partial charge in [-0.25, -0.2) is 14.8 Å². The van der Waals surface area contributed by atoms with Gasteiger partial charge in [0.05, 0.1) is 0 Å². The van der Waals surface area contributed by atoms with E-state index in [9.17, 15) is 4.79 Å². The second-order valence-corrected chi connectivity index (χ2v) is 4.62. The van der Waals surface area contributed by atoms with E-state index < -0.39 is 5.97 Å². The molecule has 0 amide bonds. The Labute approximate surface area is 106 Å². The van der Waals surface area contributed by atoms with Crippen molar-refractivity contribution >= 4 is 11.8 Å². The van der Waals surface area contributed by atoms with Gasteiger partial charge in [-0.2, -0.15) is 0 Å². The van der Waals surface area contributed by atoms with E-state index in [1.54, 1.807) is 7.05 Å². The Bertz CT molecular complexity index is 442. The summed E-state index contributed by atoms with van der Waals surface area (Å²) in [7, 11) is 3.77. The van der Waals surface area contributed by atoms with E-state index >= 15 is 0 Å². The van der Waals surface area contributed by atoms with E-state index in [-0.39, 0.29) is 5.56 Å². The highest BCUT2D eigenvalue weighted by Gasteiger charge is 2.22. The molecule has 0 atom stereocenters. The maximum absolute atomic E-state index is 11.0. The van der Waals surface area contributed by atoms with Crippen LogP contribution < -0.4 is 5.32 Å². The van der Waals surface area contributed by atoms with Crippen molar-refractivity contribution in [3.8, 4) is 0 Å². The normalized spacial score (nSPS) is 17.7. The maximum Gasteiger partial charge on any atom is 0.341 e. The Kier molecular flexibility index (Phi) is 3.76. The fourth-order valence-electron chi connectivity index (χ4n) is 2.21. The van der Waals surface area contributed by atoms with Crippen molar-refractivity contribution in [2.24, 2.45) is 0 Å². The Morgan fingerprint density at radius 1 is 1.50 bits per heavy atom. The molecule has 0 spiro atoms. The summed E-state index contributed by atoms with van der Waals surface area (Å²) >= 11 is 0. The van der Waals surface area contributed by atoms with Gasteiger partial charge in [0.2, 0.25) is 0 Å². The highest BCUT2D eigenvalue weighted by atomic mass is 16.4. The van der Waals surface area contributed by atoms with Crippen molar-refractivity contribution in [2.75, 3.05) is 32.5 Å². The number of anilines is 1. The van der Waals surface area contributed by atoms with Crippen LogP contribution in [0.5, 0.6) is 0 Å². The lowest BCUT2D eigenvalue weighted by molar-refractivity contribution is 0.0697. The number of aromatic nitrogens is 2. The van der Waals surface area contributed by atoms with Crippen molar-refractivity contribution in [2.45, 2.75) is 18.8 Å². The quantitative estimate of drug-likeness (QED) is 0.834. The van der Waals surface area contributed by atoms with E-state index in [1.165, 1.54) is 6.20 Å². The number of hydrogen-bond acceptors (Lipinski definition) is 5. The average Bonchev–Trinajstić information content (AvgIpc) is 2.38. The summed E-state index contributed by atoms with van der Waals surface area (Å²) < 4.78 is 0. The van der Waals surface area contributed by atoms with Gasteiger partial charge < -0.3 is 15.3 Å². The molecule has 0 aliphatic carbocycles. The number of aromatic carboxylic acids is 1. The lowest BCUT2D eigenvalue weighted by atomic mass is 9.96. The molecule has 1 aliphatic heterocycles. The molecule has 6 heteroatoms. The number of nitrogens with zero attached hydrogens (tertiary/aromatic N) is 3. The molecule has 6 nitrogen and oxygen atoms in total. The van der Waals surface area contributed by atoms with Gasteiger partial charge in [0.1, 0.15) is 17.2 Å². The zero-order chi connectivity index (χ0) is 13.1. The van der Waals surface area contributed by atoms with Gasteiger partial charge in [-0.05, 0) is 33.0 Å². The van der Waals surface area contributed by atoms with Crippen LogP contribution in [0, 0.1) is 0 Å². The summed E-state index contributed by atoms with van der Waals surface area (Å²) in [6.45, 7) is 2.06. The molecule has 2 rings (SSSR count). The molecule has 1 fully saturated rings. The number of hydrogen-bond donors (Lipinski definition) is 2. The largest absolute Gasteiger partial charge is 0.477 e. The maximum atomic E-state index is 11.0. The lowest BCUT2D eigenvalue weighted by Crippen LogP contribution is -2.30. The summed E-state index contributed by atoms with van der Waals surface area (Å²) in [5, 5.41) is 11.8. The zero-order valence-corrected chi connectivity index (χ0v) is 10.7. The van der Waals surface area contributed by atoms with Crippen LogP contribution >= 0.6 is 0 Å². The Morgan fingerprint density at radius 2 is 2.17 bits per heavy atom. The van der Waals surface area contributed by atoms with Crippen LogP contribution in [-0.2, 0) is 0 Å². The molecule has 1 aliphatic rings. The number of likely N-dealkylation sites (tertiary alicyclic amines) is 1. The van der Waals surface area contributed by atoms with Gasteiger partial charge in [0.25, 0.3) is 0 Å². The minimum absolute atomic E-state index is 0.120. The number of carbonyl (C=O) groups is 1. The van der Waals surface area contributed by atoms with E-state index in [2.05, 4.69) is 27.2 Å². The third-order valence-electron chi connectivity index (χ3n) is 3.36. The number of carboxylic acid groups (broad SMARTS) is 1. The van der Waals surface area contributed by atoms with Crippen molar-refractivity contribution in [3.63, 3.8) is 0 Å². The molecule has 2 N–H and O–H groups in total. The van der Waals surface area contributed by atoms with Gasteiger partial charge in [-0.15, -0.1) is 0 Å². The molecule has 0 aromatic carbocycles. The smallest absolute Gasteiger partial charge is 0.341 e. The number of carboxylic acids is 1. The van der Waals surface area contributed by atoms with Gasteiger partial charge >= 0.3 is 5.97 Å². The number of piperidine rings is 1. The highest BCUT2D eigenvalue weighted by Crippen LogP contribution is 2.26. The fourth-order valence-corrected chi connectivity index (χ4v) is 2.21. The molecule has 18 heavy (non-hydrogen) atoms. The Hall–Kier alpha value is -1.69. The van der Waals surface area contributed by atoms with Crippen LogP contribution in [0.1, 0.15) is 34.9 Å². The monoisotopic (exact) mass is 250 g/mol. The lowest BCUT2D eigenvalue weighted by Gasteiger charge is -2.28. The van der Waals surface area contributed by atoms with Crippen LogP contribution in [0.25, 0.3) is 0 Å². The molecule has 98 valence electrons. The molecular weight excluding hydrogens is 232 g/mol. The molecule has 0 saturated carbocycles. The topological polar surface area (TPSA) is 78.4 Å². The van der Waals surface area contributed by atoms with Gasteiger partial charge in [0.15, 0.2) is 0 Å². The molecule has 2 heterocycles. The molecule has 1 aromatic heterocycles. The van der Waals surface area contributed by atoms with Crippen molar-refractivity contribution in [1.29, 1.82) is 0 Å². The van der Waals surface area contributed by atoms with Crippen LogP contribution in [0.15, 0.2) is 6.20 Å². The van der Waals surface area contributed by atoms with Gasteiger partial charge in [-0.3, -0.25) is 0 Å². The van der Waals surface area contributed by atoms with E-state index in [4.69, 9.17) is 5.11 Å². The number of nitrogens with one attached hydrogen (secondary N) is 1. The Balaban J connectivity index is 2.22. The zero-order valence-electron chi connectivity index (χ0n) is 10.7. The Morgan fingerprint density at radius 3 is 2.72 bits per heavy atom. The van der Waals surface area contributed by atoms with Crippen LogP contribution in [0.4, 0.5) is 5.82 Å². The first-order valence-electron chi connectivity index (χ1n) is 6.08. The first-order valence-corrected chi connectivity index (χ1v) is 6.08. The standard InChI is InChI=1S/C12H18N4O2/c1-13-11-9(12(17)18)7-14-10(15-11)8-3-5-16(2)6-4-8/h7-8H,3-6H2,1-2H3,(H,17,18)(H,13,14,15). The van der Waals surface area contributed by atoms with Gasteiger partial charge in [0, 0.05) is 19.2 Å². The summed E-state index contributed by atoms with van der Waals surface area (Å²) in [5.41, 5.74) is 0.120. The second kappa shape index (κ2) is 5.30. The summed E-state index contributed by atoms with van der Waals surface area (Å²) in [6, 6.07) is 0. The summed E-state index contributed by atoms with van der Waals surface area (Å²) in [4.78, 5) is 21.8. The molecule has 0 unspecified atom stereocenters. The van der Waals surface area contributed by atoms with Crippen molar-refractivity contribution < 1.29 is 9.90 Å². The molecule has 0 bridgehead atoms. The van der Waals surface area contributed by atoms with Crippen LogP contribution in [0.3, 0.4) is 0 Å². The SMILES string of the molecule is CNc1nc(C2CCN(C)CC2)ncc1C(=O)O. The first kappa shape index (κ1) is 12.8. The fraction of sp³-hybridized carbons (Fsp3) is 0.583. The molecule has 1 saturated heterocycles. The van der Waals surface area contributed by atoms with Crippen molar-refractivity contribution in [1.82, 2.24) is 14.9 Å². The van der Waals surface area contributed by atoms with E-state index in [0.717, 1.165) is 31.8 Å². The predicted octanol–water partition coefficient (Wildman–Crippen LogP) is 1.03. The average molecular weight is 250 g/mol.